The van der Waals surface area contributed by atoms with Crippen molar-refractivity contribution in [2.75, 3.05) is 0 Å². The fourth-order valence-electron chi connectivity index (χ4n) is 7.17. The van der Waals surface area contributed by atoms with Crippen molar-refractivity contribution in [1.29, 1.82) is 0 Å². The first kappa shape index (κ1) is 27.4. The van der Waals surface area contributed by atoms with Crippen molar-refractivity contribution in [2.45, 2.75) is 47.8 Å². The van der Waals surface area contributed by atoms with Gasteiger partial charge in [-0.2, -0.15) is 0 Å². The molecule has 206 valence electrons. The Balaban J connectivity index is 1.62. The number of benzene rings is 5. The van der Waals surface area contributed by atoms with Crippen molar-refractivity contribution in [3.63, 3.8) is 0 Å². The van der Waals surface area contributed by atoms with E-state index in [4.69, 9.17) is 0 Å². The van der Waals surface area contributed by atoms with Gasteiger partial charge in [-0.15, -0.1) is 0 Å². The molecule has 0 saturated heterocycles. The van der Waals surface area contributed by atoms with Crippen molar-refractivity contribution >= 4 is 9.28 Å². The van der Waals surface area contributed by atoms with E-state index in [0.717, 1.165) is 12.8 Å². The SMILES string of the molecule is CCc1ccc2c(c1)[CH]([Zr](=[C](c1ccccc1)c1ccccc1)[CH]1C=Cc3cc(C)c(C)cc31)c1cc(CC)ccc1-2. The van der Waals surface area contributed by atoms with E-state index in [0.29, 0.717) is 7.25 Å². The number of hydrogen-bond donors (Lipinski definition) is 0. The van der Waals surface area contributed by atoms with E-state index in [-0.39, 0.29) is 0 Å². The molecule has 0 nitrogen and oxygen atoms in total. The molecule has 0 fully saturated rings. The Morgan fingerprint density at radius 3 is 1.64 bits per heavy atom. The molecule has 0 aliphatic heterocycles. The number of fused-ring (bicyclic) bond motifs is 4. The Hall–Kier alpha value is -3.41. The summed E-state index contributed by atoms with van der Waals surface area (Å²) in [4.78, 5) is 0. The van der Waals surface area contributed by atoms with Crippen LogP contribution in [-0.4, -0.2) is 3.21 Å². The van der Waals surface area contributed by atoms with Crippen LogP contribution in [0.5, 0.6) is 0 Å². The van der Waals surface area contributed by atoms with Gasteiger partial charge in [-0.3, -0.25) is 0 Å². The molecule has 0 bridgehead atoms. The molecular formula is C41H38Zr. The van der Waals surface area contributed by atoms with E-state index in [1.165, 1.54) is 50.1 Å². The molecule has 2 aliphatic carbocycles. The fourth-order valence-corrected chi connectivity index (χ4v) is 17.0. The molecule has 0 heterocycles. The van der Waals surface area contributed by atoms with Crippen LogP contribution in [0.1, 0.15) is 76.7 Å². The van der Waals surface area contributed by atoms with Crippen LogP contribution in [0.4, 0.5) is 0 Å². The zero-order chi connectivity index (χ0) is 28.8. The third-order valence-electron chi connectivity index (χ3n) is 9.52. The number of allylic oxidation sites excluding steroid dienone is 1. The summed E-state index contributed by atoms with van der Waals surface area (Å²) in [6, 6.07) is 42.3. The normalized spacial score (nSPS) is 14.9. The molecule has 5 aromatic carbocycles. The minimum atomic E-state index is -2.76. The van der Waals surface area contributed by atoms with Gasteiger partial charge in [-0.1, -0.05) is 0 Å². The summed E-state index contributed by atoms with van der Waals surface area (Å²) in [5.41, 5.74) is 17.5. The summed E-state index contributed by atoms with van der Waals surface area (Å²) in [5, 5.41) is 0. The quantitative estimate of drug-likeness (QED) is 0.177. The topological polar surface area (TPSA) is 0 Å². The van der Waals surface area contributed by atoms with Crippen LogP contribution in [0.2, 0.25) is 0 Å². The predicted octanol–water partition coefficient (Wildman–Crippen LogP) is 10.2. The molecule has 1 heteroatoms. The molecule has 0 spiro atoms. The van der Waals surface area contributed by atoms with E-state index in [1.807, 2.05) is 0 Å². The van der Waals surface area contributed by atoms with Crippen LogP contribution in [0.15, 0.2) is 115 Å². The van der Waals surface area contributed by atoms with E-state index in [2.05, 4.69) is 149 Å². The Morgan fingerprint density at radius 2 is 1.12 bits per heavy atom. The van der Waals surface area contributed by atoms with Gasteiger partial charge in [0.25, 0.3) is 0 Å². The van der Waals surface area contributed by atoms with E-state index >= 15 is 0 Å². The van der Waals surface area contributed by atoms with E-state index in [9.17, 15) is 0 Å². The second kappa shape index (κ2) is 11.4. The maximum absolute atomic E-state index is 2.76. The van der Waals surface area contributed by atoms with Gasteiger partial charge in [0.15, 0.2) is 0 Å². The molecule has 5 aromatic rings. The van der Waals surface area contributed by atoms with Gasteiger partial charge in [0.1, 0.15) is 0 Å². The third kappa shape index (κ3) is 4.67. The zero-order valence-corrected chi connectivity index (χ0v) is 27.6. The Kier molecular flexibility index (Phi) is 7.41. The first-order chi connectivity index (χ1) is 20.6. The summed E-state index contributed by atoms with van der Waals surface area (Å²) >= 11 is -2.76. The van der Waals surface area contributed by atoms with Crippen LogP contribution >= 0.6 is 0 Å². The van der Waals surface area contributed by atoms with Gasteiger partial charge in [0, 0.05) is 0 Å². The monoisotopic (exact) mass is 620 g/mol. The molecular weight excluding hydrogens is 584 g/mol. The van der Waals surface area contributed by atoms with Crippen molar-refractivity contribution in [1.82, 2.24) is 0 Å². The van der Waals surface area contributed by atoms with Crippen LogP contribution in [-0.2, 0) is 34.1 Å². The Labute approximate surface area is 258 Å². The van der Waals surface area contributed by atoms with Crippen LogP contribution in [0.3, 0.4) is 0 Å². The van der Waals surface area contributed by atoms with Gasteiger partial charge >= 0.3 is 260 Å². The van der Waals surface area contributed by atoms with E-state index < -0.39 is 21.3 Å². The van der Waals surface area contributed by atoms with Crippen LogP contribution in [0, 0.1) is 13.8 Å². The molecule has 1 unspecified atom stereocenters. The standard InChI is InChI=1S/C17H17.C13H10.C11H11.Zr/c1-3-12-5-7-16-14(9-12)11-15-10-13(4-2)6-8-17(15)16;1-3-7-12(8-4-1)11-13-9-5-2-6-10-13;1-8-6-10-4-3-5-11(10)7-9(8)2;/h5-11H,3-4H2,1-2H3;1-10H;3-7H,1-2H3;. The van der Waals surface area contributed by atoms with Crippen molar-refractivity contribution in [3.05, 3.63) is 171 Å². The molecule has 2 aliphatic rings. The minimum absolute atomic E-state index is 0.438. The molecule has 0 aromatic heterocycles. The average Bonchev–Trinajstić information content (AvgIpc) is 3.58. The Morgan fingerprint density at radius 1 is 0.595 bits per heavy atom. The number of aryl methyl sites for hydroxylation is 4. The molecule has 7 rings (SSSR count). The van der Waals surface area contributed by atoms with Crippen LogP contribution < -0.4 is 0 Å². The van der Waals surface area contributed by atoms with E-state index in [1.54, 1.807) is 19.9 Å². The summed E-state index contributed by atoms with van der Waals surface area (Å²) in [6.07, 6.45) is 7.15. The zero-order valence-electron chi connectivity index (χ0n) is 25.1. The average molecular weight is 622 g/mol. The maximum atomic E-state index is 2.59. The predicted molar refractivity (Wildman–Crippen MR) is 176 cm³/mol. The number of rotatable bonds is 6. The second-order valence-corrected chi connectivity index (χ2v) is 18.4. The van der Waals surface area contributed by atoms with Crippen LogP contribution in [0.25, 0.3) is 17.2 Å². The first-order valence-corrected chi connectivity index (χ1v) is 19.5. The van der Waals surface area contributed by atoms with Gasteiger partial charge in [0.05, 0.1) is 0 Å². The fraction of sp³-hybridized carbons (Fsp3) is 0.195. The van der Waals surface area contributed by atoms with Gasteiger partial charge < -0.3 is 0 Å². The molecule has 1 atom stereocenters. The van der Waals surface area contributed by atoms with Crippen molar-refractivity contribution < 1.29 is 21.3 Å². The molecule has 0 saturated carbocycles. The van der Waals surface area contributed by atoms with Crippen molar-refractivity contribution in [3.8, 4) is 11.1 Å². The van der Waals surface area contributed by atoms with Crippen molar-refractivity contribution in [2.24, 2.45) is 0 Å². The van der Waals surface area contributed by atoms with Gasteiger partial charge in [0.2, 0.25) is 0 Å². The third-order valence-corrected chi connectivity index (χ3v) is 18.3. The summed E-state index contributed by atoms with van der Waals surface area (Å²) < 4.78 is 2.52. The Bertz CT molecular complexity index is 1760. The summed E-state index contributed by atoms with van der Waals surface area (Å²) in [5.74, 6) is 0. The van der Waals surface area contributed by atoms with Gasteiger partial charge in [-0.05, 0) is 0 Å². The molecule has 0 amide bonds. The molecule has 0 N–H and O–H groups in total. The van der Waals surface area contributed by atoms with Gasteiger partial charge in [-0.25, -0.2) is 0 Å². The molecule has 42 heavy (non-hydrogen) atoms. The summed E-state index contributed by atoms with van der Waals surface area (Å²) in [7, 11) is 0. The summed E-state index contributed by atoms with van der Waals surface area (Å²) in [6.45, 7) is 9.12. The second-order valence-electron chi connectivity index (χ2n) is 11.9. The first-order valence-electron chi connectivity index (χ1n) is 15.5. The number of hydrogen-bond acceptors (Lipinski definition) is 0. The molecule has 0 radical (unpaired) electrons.